The summed E-state index contributed by atoms with van der Waals surface area (Å²) in [6, 6.07) is 26.1. The van der Waals surface area contributed by atoms with Crippen molar-refractivity contribution in [1.29, 1.82) is 0 Å². The molecule has 0 aliphatic heterocycles. The van der Waals surface area contributed by atoms with Crippen molar-refractivity contribution in [3.05, 3.63) is 95.1 Å². The first-order valence-electron chi connectivity index (χ1n) is 9.63. The van der Waals surface area contributed by atoms with Gasteiger partial charge in [0.1, 0.15) is 11.5 Å². The highest BCUT2D eigenvalue weighted by molar-refractivity contribution is 5.52. The molecule has 0 N–H and O–H groups in total. The van der Waals surface area contributed by atoms with Gasteiger partial charge in [-0.1, -0.05) is 55.5 Å². The van der Waals surface area contributed by atoms with E-state index in [9.17, 15) is 0 Å². The van der Waals surface area contributed by atoms with Gasteiger partial charge in [-0.05, 0) is 58.9 Å². The molecule has 1 aliphatic rings. The fraction of sp³-hybridized carbons (Fsp3) is 0.280. The number of hydrogen-bond donors (Lipinski definition) is 0. The van der Waals surface area contributed by atoms with E-state index >= 15 is 0 Å². The van der Waals surface area contributed by atoms with Crippen LogP contribution in [0.15, 0.2) is 72.8 Å². The molecule has 0 saturated heterocycles. The van der Waals surface area contributed by atoms with Crippen LogP contribution in [-0.2, 0) is 0 Å². The van der Waals surface area contributed by atoms with E-state index in [0.717, 1.165) is 17.9 Å². The lowest BCUT2D eigenvalue weighted by Gasteiger charge is -2.26. The van der Waals surface area contributed by atoms with Gasteiger partial charge in [0.2, 0.25) is 0 Å². The summed E-state index contributed by atoms with van der Waals surface area (Å²) in [7, 11) is 3.43. The van der Waals surface area contributed by atoms with Crippen molar-refractivity contribution in [3.63, 3.8) is 0 Å². The molecule has 0 bridgehead atoms. The van der Waals surface area contributed by atoms with Gasteiger partial charge in [0.15, 0.2) is 0 Å². The predicted molar refractivity (Wildman–Crippen MR) is 110 cm³/mol. The summed E-state index contributed by atoms with van der Waals surface area (Å²) in [5, 5.41) is 0. The fourth-order valence-electron chi connectivity index (χ4n) is 4.67. The van der Waals surface area contributed by atoms with E-state index in [-0.39, 0.29) is 0 Å². The largest absolute Gasteiger partial charge is 0.497 e. The first-order valence-corrected chi connectivity index (χ1v) is 9.63. The van der Waals surface area contributed by atoms with E-state index in [1.54, 1.807) is 14.2 Å². The molecular formula is C25H26O2. The molecule has 4 rings (SSSR count). The summed E-state index contributed by atoms with van der Waals surface area (Å²) < 4.78 is 10.7. The lowest BCUT2D eigenvalue weighted by atomic mass is 9.77. The number of methoxy groups -OCH3 is 2. The maximum absolute atomic E-state index is 5.37. The maximum atomic E-state index is 5.37. The first-order chi connectivity index (χ1) is 13.3. The number of ether oxygens (including phenoxy) is 2. The van der Waals surface area contributed by atoms with E-state index in [1.807, 2.05) is 0 Å². The van der Waals surface area contributed by atoms with Crippen LogP contribution in [0.1, 0.15) is 53.4 Å². The third-order valence-corrected chi connectivity index (χ3v) is 5.94. The molecule has 3 atom stereocenters. The van der Waals surface area contributed by atoms with Gasteiger partial charge in [-0.2, -0.15) is 0 Å². The second-order valence-corrected chi connectivity index (χ2v) is 7.19. The molecule has 0 fully saturated rings. The fourth-order valence-corrected chi connectivity index (χ4v) is 4.67. The highest BCUT2D eigenvalue weighted by atomic mass is 16.5. The van der Waals surface area contributed by atoms with E-state index in [0.29, 0.717) is 17.8 Å². The molecule has 138 valence electrons. The van der Waals surface area contributed by atoms with Gasteiger partial charge in [-0.3, -0.25) is 0 Å². The molecule has 1 aliphatic carbocycles. The summed E-state index contributed by atoms with van der Waals surface area (Å²) in [4.78, 5) is 0. The Hall–Kier alpha value is -2.74. The van der Waals surface area contributed by atoms with Crippen molar-refractivity contribution in [2.75, 3.05) is 14.2 Å². The molecule has 0 amide bonds. The topological polar surface area (TPSA) is 18.5 Å². The summed E-state index contributed by atoms with van der Waals surface area (Å²) >= 11 is 0. The monoisotopic (exact) mass is 358 g/mol. The Morgan fingerprint density at radius 1 is 0.667 bits per heavy atom. The predicted octanol–water partition coefficient (Wildman–Crippen LogP) is 6.13. The van der Waals surface area contributed by atoms with E-state index in [1.165, 1.54) is 22.3 Å². The lowest BCUT2D eigenvalue weighted by Crippen LogP contribution is -2.11. The molecule has 2 heteroatoms. The highest BCUT2D eigenvalue weighted by Gasteiger charge is 2.41. The van der Waals surface area contributed by atoms with Gasteiger partial charge in [-0.15, -0.1) is 0 Å². The van der Waals surface area contributed by atoms with Crippen LogP contribution in [0.25, 0.3) is 0 Å². The van der Waals surface area contributed by atoms with Crippen LogP contribution in [0.3, 0.4) is 0 Å². The van der Waals surface area contributed by atoms with Crippen LogP contribution in [0, 0.1) is 0 Å². The Labute approximate surface area is 161 Å². The molecule has 0 saturated carbocycles. The maximum Gasteiger partial charge on any atom is 0.118 e. The van der Waals surface area contributed by atoms with Crippen molar-refractivity contribution in [2.24, 2.45) is 0 Å². The molecule has 3 aromatic carbocycles. The molecule has 3 aromatic rings. The number of benzene rings is 3. The Morgan fingerprint density at radius 3 is 1.70 bits per heavy atom. The summed E-state index contributed by atoms with van der Waals surface area (Å²) in [5.74, 6) is 3.10. The SMILES string of the molecule is CCC1c2ccccc2C(c2ccc(OC)cc2)C1c1ccc(OC)cc1. The second kappa shape index (κ2) is 7.48. The van der Waals surface area contributed by atoms with Crippen molar-refractivity contribution in [2.45, 2.75) is 31.1 Å². The normalized spacial score (nSPS) is 20.9. The second-order valence-electron chi connectivity index (χ2n) is 7.19. The van der Waals surface area contributed by atoms with Crippen LogP contribution in [0.5, 0.6) is 11.5 Å². The van der Waals surface area contributed by atoms with Gasteiger partial charge in [0.25, 0.3) is 0 Å². The Kier molecular flexibility index (Phi) is 4.89. The van der Waals surface area contributed by atoms with Gasteiger partial charge >= 0.3 is 0 Å². The van der Waals surface area contributed by atoms with Crippen molar-refractivity contribution < 1.29 is 9.47 Å². The Balaban J connectivity index is 1.84. The Bertz CT molecular complexity index is 896. The van der Waals surface area contributed by atoms with Crippen molar-refractivity contribution in [1.82, 2.24) is 0 Å². The summed E-state index contributed by atoms with van der Waals surface area (Å²) in [5.41, 5.74) is 5.66. The van der Waals surface area contributed by atoms with E-state index < -0.39 is 0 Å². The van der Waals surface area contributed by atoms with Gasteiger partial charge in [-0.25, -0.2) is 0 Å². The molecule has 3 unspecified atom stereocenters. The Morgan fingerprint density at radius 2 is 1.19 bits per heavy atom. The minimum atomic E-state index is 0.352. The van der Waals surface area contributed by atoms with Gasteiger partial charge in [0.05, 0.1) is 14.2 Å². The minimum Gasteiger partial charge on any atom is -0.497 e. The zero-order valence-electron chi connectivity index (χ0n) is 16.2. The zero-order valence-corrected chi connectivity index (χ0v) is 16.2. The zero-order chi connectivity index (χ0) is 18.8. The lowest BCUT2D eigenvalue weighted by molar-refractivity contribution is 0.413. The summed E-state index contributed by atoms with van der Waals surface area (Å²) in [6.45, 7) is 2.30. The van der Waals surface area contributed by atoms with Crippen molar-refractivity contribution >= 4 is 0 Å². The average molecular weight is 358 g/mol. The molecule has 0 aromatic heterocycles. The summed E-state index contributed by atoms with van der Waals surface area (Å²) in [6.07, 6.45) is 1.13. The smallest absolute Gasteiger partial charge is 0.118 e. The first kappa shape index (κ1) is 17.7. The van der Waals surface area contributed by atoms with E-state index in [2.05, 4.69) is 79.7 Å². The van der Waals surface area contributed by atoms with Crippen molar-refractivity contribution in [3.8, 4) is 11.5 Å². The number of fused-ring (bicyclic) bond motifs is 1. The minimum absolute atomic E-state index is 0.352. The van der Waals surface area contributed by atoms with E-state index in [4.69, 9.17) is 9.47 Å². The molecule has 0 radical (unpaired) electrons. The standard InChI is InChI=1S/C25H26O2/c1-4-21-22-7-5-6-8-23(22)25(18-11-15-20(27-3)16-12-18)24(21)17-9-13-19(26-2)14-10-17/h5-16,21,24-25H,4H2,1-3H3. The van der Waals surface area contributed by atoms with Crippen LogP contribution in [0.2, 0.25) is 0 Å². The van der Waals surface area contributed by atoms with Crippen LogP contribution >= 0.6 is 0 Å². The third kappa shape index (κ3) is 3.10. The van der Waals surface area contributed by atoms with Crippen LogP contribution < -0.4 is 9.47 Å². The molecule has 2 nitrogen and oxygen atoms in total. The molecule has 0 heterocycles. The highest BCUT2D eigenvalue weighted by Crippen LogP contribution is 2.56. The number of rotatable bonds is 5. The molecule has 0 spiro atoms. The van der Waals surface area contributed by atoms with Crippen LogP contribution in [0.4, 0.5) is 0 Å². The van der Waals surface area contributed by atoms with Crippen LogP contribution in [-0.4, -0.2) is 14.2 Å². The molecule has 27 heavy (non-hydrogen) atoms. The quantitative estimate of drug-likeness (QED) is 0.546. The van der Waals surface area contributed by atoms with Gasteiger partial charge in [0, 0.05) is 11.8 Å². The molecular weight excluding hydrogens is 332 g/mol. The average Bonchev–Trinajstić information content (AvgIpc) is 3.08. The van der Waals surface area contributed by atoms with Gasteiger partial charge < -0.3 is 9.47 Å². The number of hydrogen-bond acceptors (Lipinski definition) is 2. The third-order valence-electron chi connectivity index (χ3n) is 5.94.